The lowest BCUT2D eigenvalue weighted by atomic mass is 9.99. The van der Waals surface area contributed by atoms with E-state index in [0.717, 1.165) is 0 Å². The SMILES string of the molecule is CC(C)(C)OCC1O[C@H](OC(C)(C)C)[C@H](O)[C@@H](O)[C@@H]1O.CC(C)(C)OC[C@H]1OC(OC(C)(C)C)[C@H](O)[C@@H](O)[C@@H]1O. The molecule has 2 saturated heterocycles. The molecule has 0 bridgehead atoms. The normalized spacial score (nSPS) is 36.1. The highest BCUT2D eigenvalue weighted by atomic mass is 16.7. The molecule has 12 nitrogen and oxygen atoms in total. The molecule has 0 aromatic heterocycles. The summed E-state index contributed by atoms with van der Waals surface area (Å²) in [6.07, 6.45) is -11.2. The van der Waals surface area contributed by atoms with Crippen LogP contribution in [0.1, 0.15) is 83.1 Å². The minimum absolute atomic E-state index is 0.110. The molecule has 0 aliphatic carbocycles. The van der Waals surface area contributed by atoms with Gasteiger partial charge in [-0.3, -0.25) is 0 Å². The van der Waals surface area contributed by atoms with Gasteiger partial charge in [0.05, 0.1) is 35.6 Å². The minimum Gasteiger partial charge on any atom is -0.387 e. The maximum absolute atomic E-state index is 9.95. The Kier molecular flexibility index (Phi) is 13.4. The van der Waals surface area contributed by atoms with Gasteiger partial charge >= 0.3 is 0 Å². The molecule has 0 aromatic carbocycles. The van der Waals surface area contributed by atoms with Crippen LogP contribution in [0.4, 0.5) is 0 Å². The van der Waals surface area contributed by atoms with E-state index in [1.165, 1.54) is 0 Å². The topological polar surface area (TPSA) is 177 Å². The Morgan fingerprint density at radius 2 is 0.700 bits per heavy atom. The second-order valence-electron chi connectivity index (χ2n) is 14.3. The van der Waals surface area contributed by atoms with E-state index in [4.69, 9.17) is 28.4 Å². The monoisotopic (exact) mass is 584 g/mol. The van der Waals surface area contributed by atoms with Crippen molar-refractivity contribution in [1.82, 2.24) is 0 Å². The summed E-state index contributed by atoms with van der Waals surface area (Å²) in [6, 6.07) is 0. The maximum atomic E-state index is 9.95. The van der Waals surface area contributed by atoms with Crippen molar-refractivity contribution in [2.75, 3.05) is 13.2 Å². The number of aliphatic hydroxyl groups excluding tert-OH is 6. The summed E-state index contributed by atoms with van der Waals surface area (Å²) in [5, 5.41) is 59.5. The molecule has 0 saturated carbocycles. The van der Waals surface area contributed by atoms with Gasteiger partial charge in [-0.2, -0.15) is 0 Å². The molecule has 240 valence electrons. The van der Waals surface area contributed by atoms with Gasteiger partial charge in [0.25, 0.3) is 0 Å². The number of aliphatic hydroxyl groups is 6. The molecule has 2 rings (SSSR count). The van der Waals surface area contributed by atoms with Gasteiger partial charge in [0.1, 0.15) is 48.8 Å². The molecule has 0 aromatic rings. The van der Waals surface area contributed by atoms with E-state index in [0.29, 0.717) is 0 Å². The lowest BCUT2D eigenvalue weighted by Gasteiger charge is -2.42. The smallest absolute Gasteiger partial charge is 0.187 e. The van der Waals surface area contributed by atoms with Gasteiger partial charge in [0.15, 0.2) is 12.6 Å². The second kappa shape index (κ2) is 14.3. The second-order valence-corrected chi connectivity index (χ2v) is 14.3. The minimum atomic E-state index is -1.33. The van der Waals surface area contributed by atoms with Crippen molar-refractivity contribution in [3.8, 4) is 0 Å². The van der Waals surface area contributed by atoms with E-state index in [1.807, 2.05) is 83.1 Å². The first kappa shape index (κ1) is 37.5. The van der Waals surface area contributed by atoms with Gasteiger partial charge in [0.2, 0.25) is 0 Å². The molecule has 2 fully saturated rings. The lowest BCUT2D eigenvalue weighted by Crippen LogP contribution is -2.60. The van der Waals surface area contributed by atoms with Gasteiger partial charge in [-0.25, -0.2) is 0 Å². The number of rotatable bonds is 6. The Balaban J connectivity index is 0.000000400. The predicted octanol–water partition coefficient (Wildman–Crippen LogP) is 0.848. The summed E-state index contributed by atoms with van der Waals surface area (Å²) >= 11 is 0. The predicted molar refractivity (Wildman–Crippen MR) is 146 cm³/mol. The molecule has 10 atom stereocenters. The van der Waals surface area contributed by atoms with Crippen molar-refractivity contribution in [3.63, 3.8) is 0 Å². The molecule has 0 amide bonds. The van der Waals surface area contributed by atoms with E-state index >= 15 is 0 Å². The van der Waals surface area contributed by atoms with E-state index in [1.54, 1.807) is 0 Å². The Morgan fingerprint density at radius 3 is 0.925 bits per heavy atom. The summed E-state index contributed by atoms with van der Waals surface area (Å²) in [5.74, 6) is 0. The summed E-state index contributed by atoms with van der Waals surface area (Å²) < 4.78 is 33.4. The lowest BCUT2D eigenvalue weighted by molar-refractivity contribution is -0.324. The van der Waals surface area contributed by atoms with Crippen molar-refractivity contribution in [1.29, 1.82) is 0 Å². The van der Waals surface area contributed by atoms with Crippen LogP contribution >= 0.6 is 0 Å². The Bertz CT molecular complexity index is 670. The fourth-order valence-corrected chi connectivity index (χ4v) is 3.66. The van der Waals surface area contributed by atoms with Gasteiger partial charge < -0.3 is 59.1 Å². The number of hydrogen-bond donors (Lipinski definition) is 6. The standard InChI is InChI=1S/2C14H28O6/c2*1-13(2,3)18-7-8-9(15)10(16)11(17)12(19-8)20-14(4,5)6/h2*8-12,15-17H,7H2,1-6H3/t8?,9-,10+,11-,12-;8-,9-,10+,11-,12?/m11/s1. The Morgan fingerprint density at radius 1 is 0.425 bits per heavy atom. The molecular weight excluding hydrogens is 528 g/mol. The maximum Gasteiger partial charge on any atom is 0.187 e. The van der Waals surface area contributed by atoms with Gasteiger partial charge in [0, 0.05) is 0 Å². The van der Waals surface area contributed by atoms with Crippen molar-refractivity contribution < 1.29 is 59.1 Å². The fraction of sp³-hybridized carbons (Fsp3) is 1.00. The van der Waals surface area contributed by atoms with Crippen LogP contribution in [-0.4, -0.2) is 128 Å². The molecule has 0 radical (unpaired) electrons. The molecule has 2 aliphatic rings. The van der Waals surface area contributed by atoms with Crippen LogP contribution in [0.15, 0.2) is 0 Å². The average molecular weight is 585 g/mol. The van der Waals surface area contributed by atoms with Crippen molar-refractivity contribution >= 4 is 0 Å². The summed E-state index contributed by atoms with van der Waals surface area (Å²) in [7, 11) is 0. The Labute approximate surface area is 239 Å². The van der Waals surface area contributed by atoms with Crippen molar-refractivity contribution in [2.45, 2.75) is 167 Å². The molecular formula is C28H56O12. The highest BCUT2D eigenvalue weighted by Crippen LogP contribution is 2.28. The van der Waals surface area contributed by atoms with Crippen LogP contribution in [0.5, 0.6) is 0 Å². The average Bonchev–Trinajstić information content (AvgIpc) is 2.76. The molecule has 2 aliphatic heterocycles. The zero-order valence-corrected chi connectivity index (χ0v) is 26.3. The highest BCUT2D eigenvalue weighted by molar-refractivity contribution is 4.91. The van der Waals surface area contributed by atoms with Crippen molar-refractivity contribution in [3.05, 3.63) is 0 Å². The van der Waals surface area contributed by atoms with E-state index in [-0.39, 0.29) is 24.4 Å². The van der Waals surface area contributed by atoms with E-state index < -0.39 is 72.6 Å². The quantitative estimate of drug-likeness (QED) is 0.260. The van der Waals surface area contributed by atoms with E-state index in [9.17, 15) is 30.6 Å². The third-order valence-corrected chi connectivity index (χ3v) is 5.64. The molecule has 12 heteroatoms. The van der Waals surface area contributed by atoms with Crippen LogP contribution in [-0.2, 0) is 28.4 Å². The van der Waals surface area contributed by atoms with Gasteiger partial charge in [-0.05, 0) is 83.1 Å². The third-order valence-electron chi connectivity index (χ3n) is 5.64. The zero-order chi connectivity index (χ0) is 31.4. The summed E-state index contributed by atoms with van der Waals surface area (Å²) in [6.45, 7) is 22.5. The fourth-order valence-electron chi connectivity index (χ4n) is 3.66. The largest absolute Gasteiger partial charge is 0.387 e. The number of ether oxygens (including phenoxy) is 6. The van der Waals surface area contributed by atoms with Gasteiger partial charge in [-0.1, -0.05) is 0 Å². The summed E-state index contributed by atoms with van der Waals surface area (Å²) in [4.78, 5) is 0. The molecule has 0 spiro atoms. The highest BCUT2D eigenvalue weighted by Gasteiger charge is 2.47. The van der Waals surface area contributed by atoms with Crippen molar-refractivity contribution in [2.24, 2.45) is 0 Å². The van der Waals surface area contributed by atoms with Crippen LogP contribution in [0.3, 0.4) is 0 Å². The third kappa shape index (κ3) is 13.2. The number of hydrogen-bond acceptors (Lipinski definition) is 12. The van der Waals surface area contributed by atoms with Crippen LogP contribution in [0.25, 0.3) is 0 Å². The van der Waals surface area contributed by atoms with Crippen LogP contribution in [0, 0.1) is 0 Å². The van der Waals surface area contributed by atoms with Gasteiger partial charge in [-0.15, -0.1) is 0 Å². The molecule has 2 unspecified atom stereocenters. The zero-order valence-electron chi connectivity index (χ0n) is 26.3. The first-order chi connectivity index (χ1) is 17.8. The van der Waals surface area contributed by atoms with Crippen LogP contribution < -0.4 is 0 Å². The van der Waals surface area contributed by atoms with Crippen LogP contribution in [0.2, 0.25) is 0 Å². The molecule has 6 N–H and O–H groups in total. The first-order valence-electron chi connectivity index (χ1n) is 13.8. The van der Waals surface area contributed by atoms with E-state index in [2.05, 4.69) is 0 Å². The Hall–Kier alpha value is -0.480. The molecule has 40 heavy (non-hydrogen) atoms. The summed E-state index contributed by atoms with van der Waals surface area (Å²) in [5.41, 5.74) is -1.85. The molecule has 2 heterocycles. The first-order valence-corrected chi connectivity index (χ1v) is 13.8.